The first-order valence-corrected chi connectivity index (χ1v) is 10.0. The molecule has 138 valence electrons. The quantitative estimate of drug-likeness (QED) is 0.528. The van der Waals surface area contributed by atoms with Gasteiger partial charge in [-0.15, -0.1) is 32.9 Å². The van der Waals surface area contributed by atoms with E-state index in [0.29, 0.717) is 21.6 Å². The lowest BCUT2D eigenvalue weighted by Gasteiger charge is -2.05. The molecular weight excluding hydrogens is 416 g/mol. The summed E-state index contributed by atoms with van der Waals surface area (Å²) in [6, 6.07) is 3.80. The van der Waals surface area contributed by atoms with Crippen molar-refractivity contribution in [3.05, 3.63) is 44.6 Å². The van der Waals surface area contributed by atoms with E-state index in [1.165, 1.54) is 33.6 Å². The molecule has 12 heteroatoms. The van der Waals surface area contributed by atoms with Crippen molar-refractivity contribution in [2.45, 2.75) is 13.0 Å². The van der Waals surface area contributed by atoms with E-state index in [0.717, 1.165) is 10.4 Å². The van der Waals surface area contributed by atoms with Crippen molar-refractivity contribution in [2.75, 3.05) is 5.32 Å². The molecule has 0 aliphatic rings. The smallest absolute Gasteiger partial charge is 0.291 e. The van der Waals surface area contributed by atoms with Crippen LogP contribution in [0.25, 0.3) is 20.7 Å². The highest BCUT2D eigenvalue weighted by Crippen LogP contribution is 2.33. The lowest BCUT2D eigenvalue weighted by molar-refractivity contribution is -0.116. The van der Waals surface area contributed by atoms with Gasteiger partial charge in [0.05, 0.1) is 11.7 Å². The lowest BCUT2D eigenvalue weighted by atomic mass is 10.2. The third-order valence-electron chi connectivity index (χ3n) is 3.53. The minimum Gasteiger partial charge on any atom is -0.299 e. The molecular formula is C15H9F2N5O2S3. The van der Waals surface area contributed by atoms with Gasteiger partial charge in [0.1, 0.15) is 11.4 Å². The van der Waals surface area contributed by atoms with Gasteiger partial charge < -0.3 is 0 Å². The largest absolute Gasteiger partial charge is 0.299 e. The molecule has 7 nitrogen and oxygen atoms in total. The van der Waals surface area contributed by atoms with Crippen LogP contribution in [-0.4, -0.2) is 25.7 Å². The van der Waals surface area contributed by atoms with Crippen LogP contribution in [0.5, 0.6) is 0 Å². The molecule has 0 spiro atoms. The zero-order valence-corrected chi connectivity index (χ0v) is 15.7. The van der Waals surface area contributed by atoms with Crippen molar-refractivity contribution in [2.24, 2.45) is 0 Å². The summed E-state index contributed by atoms with van der Waals surface area (Å²) in [4.78, 5) is 30.7. The number of carbonyl (C=O) groups excluding carboxylic acids is 1. The van der Waals surface area contributed by atoms with Crippen molar-refractivity contribution in [1.82, 2.24) is 19.7 Å². The second kappa shape index (κ2) is 7.21. The molecule has 4 aromatic rings. The van der Waals surface area contributed by atoms with Gasteiger partial charge in [0.15, 0.2) is 5.01 Å². The van der Waals surface area contributed by atoms with E-state index in [2.05, 4.69) is 20.5 Å². The van der Waals surface area contributed by atoms with Crippen molar-refractivity contribution >= 4 is 55.3 Å². The van der Waals surface area contributed by atoms with Crippen LogP contribution in [-0.2, 0) is 11.3 Å². The average molecular weight is 425 g/mol. The number of nitrogens with one attached hydrogen (secondary N) is 1. The zero-order chi connectivity index (χ0) is 19.0. The molecule has 0 saturated heterocycles. The Kier molecular flexibility index (Phi) is 4.76. The molecule has 4 aromatic heterocycles. The number of alkyl halides is 2. The standard InChI is InChI=1S/C15H9F2N5O2S3/c16-11(17)13-20-21-15(27-13)19-9(23)4-22-6-18-12-10(14(22)24)7(5-26-12)8-2-1-3-25-8/h1-3,5-6,11H,4H2,(H,19,21,23). The molecule has 1 amide bonds. The minimum absolute atomic E-state index is 0.0489. The molecule has 0 aliphatic carbocycles. The van der Waals surface area contributed by atoms with E-state index in [1.807, 2.05) is 22.9 Å². The number of amides is 1. The molecule has 4 heterocycles. The number of hydrogen-bond acceptors (Lipinski definition) is 8. The van der Waals surface area contributed by atoms with Crippen molar-refractivity contribution in [1.29, 1.82) is 0 Å². The normalized spacial score (nSPS) is 11.4. The van der Waals surface area contributed by atoms with E-state index in [-0.39, 0.29) is 17.2 Å². The lowest BCUT2D eigenvalue weighted by Crippen LogP contribution is -2.27. The second-order valence-electron chi connectivity index (χ2n) is 5.28. The number of nitrogens with zero attached hydrogens (tertiary/aromatic N) is 4. The van der Waals surface area contributed by atoms with E-state index in [4.69, 9.17) is 0 Å². The molecule has 0 saturated carbocycles. The maximum atomic E-state index is 12.8. The molecule has 4 rings (SSSR count). The third kappa shape index (κ3) is 3.50. The number of aromatic nitrogens is 4. The summed E-state index contributed by atoms with van der Waals surface area (Å²) in [5, 5.41) is 12.8. The Morgan fingerprint density at radius 1 is 1.30 bits per heavy atom. The van der Waals surface area contributed by atoms with Gasteiger partial charge in [-0.05, 0) is 11.4 Å². The Bertz CT molecular complexity index is 1170. The van der Waals surface area contributed by atoms with E-state index >= 15 is 0 Å². The first-order valence-electron chi connectivity index (χ1n) is 7.45. The molecule has 0 bridgehead atoms. The number of rotatable bonds is 5. The number of fused-ring (bicyclic) bond motifs is 1. The first kappa shape index (κ1) is 17.8. The van der Waals surface area contributed by atoms with Gasteiger partial charge in [-0.1, -0.05) is 17.4 Å². The molecule has 0 aromatic carbocycles. The Morgan fingerprint density at radius 3 is 2.85 bits per heavy atom. The van der Waals surface area contributed by atoms with Gasteiger partial charge >= 0.3 is 0 Å². The van der Waals surface area contributed by atoms with Crippen molar-refractivity contribution < 1.29 is 13.6 Å². The van der Waals surface area contributed by atoms with Crippen molar-refractivity contribution in [3.8, 4) is 10.4 Å². The third-order valence-corrected chi connectivity index (χ3v) is 6.17. The molecule has 0 radical (unpaired) electrons. The summed E-state index contributed by atoms with van der Waals surface area (Å²) in [5.74, 6) is -0.580. The van der Waals surface area contributed by atoms with E-state index in [9.17, 15) is 18.4 Å². The first-order chi connectivity index (χ1) is 13.0. The predicted octanol–water partition coefficient (Wildman–Crippen LogP) is 3.61. The van der Waals surface area contributed by atoms with Gasteiger partial charge in [0.2, 0.25) is 11.0 Å². The summed E-state index contributed by atoms with van der Waals surface area (Å²) < 4.78 is 26.2. The summed E-state index contributed by atoms with van der Waals surface area (Å²) >= 11 is 3.45. The van der Waals surface area contributed by atoms with E-state index < -0.39 is 17.3 Å². The number of carbonyl (C=O) groups is 1. The molecule has 1 N–H and O–H groups in total. The number of hydrogen-bond donors (Lipinski definition) is 1. The monoisotopic (exact) mass is 425 g/mol. The predicted molar refractivity (Wildman–Crippen MR) is 101 cm³/mol. The summed E-state index contributed by atoms with van der Waals surface area (Å²) in [5.41, 5.74) is 0.438. The molecule has 0 aliphatic heterocycles. The van der Waals surface area contributed by atoms with Crippen LogP contribution in [0.2, 0.25) is 0 Å². The molecule has 0 atom stereocenters. The molecule has 27 heavy (non-hydrogen) atoms. The van der Waals surface area contributed by atoms with Crippen LogP contribution in [0, 0.1) is 0 Å². The summed E-state index contributed by atoms with van der Waals surface area (Å²) in [7, 11) is 0. The summed E-state index contributed by atoms with van der Waals surface area (Å²) in [6.45, 7) is -0.314. The highest BCUT2D eigenvalue weighted by molar-refractivity contribution is 7.18. The van der Waals surface area contributed by atoms with Crippen LogP contribution < -0.4 is 10.9 Å². The molecule has 0 unspecified atom stereocenters. The Balaban J connectivity index is 1.60. The topological polar surface area (TPSA) is 89.8 Å². The highest BCUT2D eigenvalue weighted by atomic mass is 32.1. The van der Waals surface area contributed by atoms with Gasteiger partial charge in [-0.3, -0.25) is 19.5 Å². The fourth-order valence-electron chi connectivity index (χ4n) is 2.38. The van der Waals surface area contributed by atoms with Gasteiger partial charge in [0, 0.05) is 15.8 Å². The van der Waals surface area contributed by atoms with Gasteiger partial charge in [0.25, 0.3) is 12.0 Å². The van der Waals surface area contributed by atoms with Crippen LogP contribution in [0.1, 0.15) is 11.4 Å². The Labute approximate surface area is 162 Å². The average Bonchev–Trinajstić information content (AvgIpc) is 3.36. The SMILES string of the molecule is O=C(Cn1cnc2scc(-c3cccs3)c2c1=O)Nc1nnc(C(F)F)s1. The summed E-state index contributed by atoms with van der Waals surface area (Å²) in [6.07, 6.45) is -1.46. The van der Waals surface area contributed by atoms with Gasteiger partial charge in [-0.25, -0.2) is 13.8 Å². The maximum Gasteiger partial charge on any atom is 0.291 e. The zero-order valence-electron chi connectivity index (χ0n) is 13.3. The fraction of sp³-hybridized carbons (Fsp3) is 0.133. The van der Waals surface area contributed by atoms with E-state index in [1.54, 1.807) is 0 Å². The number of anilines is 1. The molecule has 0 fully saturated rings. The van der Waals surface area contributed by atoms with Crippen LogP contribution in [0.4, 0.5) is 13.9 Å². The Hall–Kier alpha value is -2.57. The number of thiophene rings is 2. The van der Waals surface area contributed by atoms with Crippen LogP contribution in [0.3, 0.4) is 0 Å². The van der Waals surface area contributed by atoms with Gasteiger partial charge in [-0.2, -0.15) is 0 Å². The Morgan fingerprint density at radius 2 is 2.15 bits per heavy atom. The minimum atomic E-state index is -2.75. The fourth-order valence-corrected chi connectivity index (χ4v) is 4.72. The van der Waals surface area contributed by atoms with Crippen LogP contribution >= 0.6 is 34.0 Å². The van der Waals surface area contributed by atoms with Crippen molar-refractivity contribution in [3.63, 3.8) is 0 Å². The highest BCUT2D eigenvalue weighted by Gasteiger charge is 2.17. The second-order valence-corrected chi connectivity index (χ2v) is 8.09. The van der Waals surface area contributed by atoms with Crippen LogP contribution in [0.15, 0.2) is 34.0 Å². The maximum absolute atomic E-state index is 12.8. The number of halogens is 2.